The normalized spacial score (nSPS) is 11.9. The van der Waals surface area contributed by atoms with Crippen molar-refractivity contribution in [2.75, 3.05) is 19.7 Å². The average molecular weight is 203 g/mol. The lowest BCUT2D eigenvalue weighted by molar-refractivity contribution is 0.283. The molecule has 0 radical (unpaired) electrons. The first-order chi connectivity index (χ1) is 6.81. The van der Waals surface area contributed by atoms with Crippen molar-refractivity contribution in [3.63, 3.8) is 0 Å². The van der Waals surface area contributed by atoms with Crippen LogP contribution >= 0.6 is 0 Å². The van der Waals surface area contributed by atoms with E-state index in [0.29, 0.717) is 6.42 Å². The van der Waals surface area contributed by atoms with E-state index in [4.69, 9.17) is 16.0 Å². The van der Waals surface area contributed by atoms with Gasteiger partial charge in [-0.05, 0) is 38.8 Å². The second-order valence-electron chi connectivity index (χ2n) is 3.23. The minimum Gasteiger partial charge on any atom is -0.409 e. The summed E-state index contributed by atoms with van der Waals surface area (Å²) in [7, 11) is 0. The quantitative estimate of drug-likeness (QED) is 0.142. The van der Waals surface area contributed by atoms with Crippen LogP contribution in [-0.2, 0) is 0 Å². The van der Waals surface area contributed by atoms with Crippen LogP contribution in [0, 0.1) is 0 Å². The van der Waals surface area contributed by atoms with Crippen LogP contribution in [0.25, 0.3) is 0 Å². The third kappa shape index (κ3) is 9.28. The molecular formula is C9H21N3O2. The van der Waals surface area contributed by atoms with E-state index in [1.165, 1.54) is 0 Å². The number of nitrogens with two attached hydrogens (primary N) is 1. The summed E-state index contributed by atoms with van der Waals surface area (Å²) in [4.78, 5) is 0. The van der Waals surface area contributed by atoms with Gasteiger partial charge >= 0.3 is 0 Å². The van der Waals surface area contributed by atoms with Gasteiger partial charge in [-0.25, -0.2) is 0 Å². The van der Waals surface area contributed by atoms with Gasteiger partial charge < -0.3 is 21.4 Å². The van der Waals surface area contributed by atoms with Crippen molar-refractivity contribution in [2.24, 2.45) is 10.9 Å². The molecule has 0 saturated heterocycles. The van der Waals surface area contributed by atoms with Crippen molar-refractivity contribution in [3.05, 3.63) is 0 Å². The lowest BCUT2D eigenvalue weighted by Crippen LogP contribution is -2.19. The van der Waals surface area contributed by atoms with Crippen molar-refractivity contribution in [1.29, 1.82) is 0 Å². The summed E-state index contributed by atoms with van der Waals surface area (Å²) in [6.45, 7) is 2.13. The predicted octanol–water partition coefficient (Wildman–Crippen LogP) is 0.265. The first-order valence-corrected chi connectivity index (χ1v) is 5.09. The standard InChI is InChI=1S/C9H21N3O2/c10-9(12-14)5-4-7-11-6-2-1-3-8-13/h11,13-14H,1-8H2,(H2,10,12). The highest BCUT2D eigenvalue weighted by Gasteiger charge is 1.93. The highest BCUT2D eigenvalue weighted by Crippen LogP contribution is 1.92. The topological polar surface area (TPSA) is 90.9 Å². The summed E-state index contributed by atoms with van der Waals surface area (Å²) in [5.74, 6) is 0.284. The molecule has 5 N–H and O–H groups in total. The third-order valence-electron chi connectivity index (χ3n) is 1.93. The van der Waals surface area contributed by atoms with Crippen LogP contribution in [0.5, 0.6) is 0 Å². The van der Waals surface area contributed by atoms with Gasteiger partial charge in [0.15, 0.2) is 0 Å². The Labute approximate surface area is 85.0 Å². The summed E-state index contributed by atoms with van der Waals surface area (Å²) >= 11 is 0. The highest BCUT2D eigenvalue weighted by atomic mass is 16.4. The number of nitrogens with zero attached hydrogens (tertiary/aromatic N) is 1. The van der Waals surface area contributed by atoms with E-state index in [1.807, 2.05) is 0 Å². The average Bonchev–Trinajstić information content (AvgIpc) is 2.21. The molecule has 0 aliphatic heterocycles. The highest BCUT2D eigenvalue weighted by molar-refractivity contribution is 5.79. The number of aliphatic hydroxyl groups excluding tert-OH is 1. The monoisotopic (exact) mass is 203 g/mol. The van der Waals surface area contributed by atoms with Crippen molar-refractivity contribution in [2.45, 2.75) is 32.1 Å². The Morgan fingerprint density at radius 1 is 1.14 bits per heavy atom. The Kier molecular flexibility index (Phi) is 9.68. The lowest BCUT2D eigenvalue weighted by atomic mass is 10.2. The molecule has 5 nitrogen and oxygen atoms in total. The van der Waals surface area contributed by atoms with Gasteiger partial charge in [0.05, 0.1) is 0 Å². The number of amidine groups is 1. The molecule has 5 heteroatoms. The van der Waals surface area contributed by atoms with E-state index in [0.717, 1.165) is 38.8 Å². The number of hydrogen-bond donors (Lipinski definition) is 4. The third-order valence-corrected chi connectivity index (χ3v) is 1.93. The molecule has 0 fully saturated rings. The first kappa shape index (κ1) is 13.2. The second kappa shape index (κ2) is 10.3. The van der Waals surface area contributed by atoms with Crippen LogP contribution in [0.4, 0.5) is 0 Å². The molecule has 0 bridgehead atoms. The molecule has 0 aromatic rings. The Hall–Kier alpha value is -0.810. The van der Waals surface area contributed by atoms with E-state index in [9.17, 15) is 0 Å². The number of rotatable bonds is 9. The van der Waals surface area contributed by atoms with E-state index >= 15 is 0 Å². The summed E-state index contributed by atoms with van der Waals surface area (Å²) in [5.41, 5.74) is 5.30. The molecule has 0 spiro atoms. The van der Waals surface area contributed by atoms with Crippen LogP contribution in [0.3, 0.4) is 0 Å². The van der Waals surface area contributed by atoms with Crippen LogP contribution in [0.2, 0.25) is 0 Å². The zero-order valence-electron chi connectivity index (χ0n) is 8.58. The summed E-state index contributed by atoms with van der Waals surface area (Å²) in [5, 5.41) is 22.9. The van der Waals surface area contributed by atoms with Crippen LogP contribution in [0.15, 0.2) is 5.16 Å². The number of nitrogens with one attached hydrogen (secondary N) is 1. The minimum atomic E-state index is 0.281. The molecule has 84 valence electrons. The Balaban J connectivity index is 2.99. The van der Waals surface area contributed by atoms with E-state index in [1.54, 1.807) is 0 Å². The predicted molar refractivity (Wildman–Crippen MR) is 56.4 cm³/mol. The number of aliphatic hydroxyl groups is 1. The van der Waals surface area contributed by atoms with E-state index < -0.39 is 0 Å². The van der Waals surface area contributed by atoms with Crippen molar-refractivity contribution < 1.29 is 10.3 Å². The molecule has 0 atom stereocenters. The van der Waals surface area contributed by atoms with E-state index in [-0.39, 0.29) is 12.4 Å². The van der Waals surface area contributed by atoms with Crippen molar-refractivity contribution >= 4 is 5.84 Å². The van der Waals surface area contributed by atoms with Gasteiger partial charge in [-0.3, -0.25) is 0 Å². The molecule has 0 aromatic heterocycles. The van der Waals surface area contributed by atoms with Crippen LogP contribution in [0.1, 0.15) is 32.1 Å². The Bertz CT molecular complexity index is 151. The maximum Gasteiger partial charge on any atom is 0.139 e. The van der Waals surface area contributed by atoms with Gasteiger partial charge in [0.25, 0.3) is 0 Å². The van der Waals surface area contributed by atoms with Gasteiger partial charge in [0.2, 0.25) is 0 Å². The van der Waals surface area contributed by atoms with Gasteiger partial charge in [0.1, 0.15) is 5.84 Å². The van der Waals surface area contributed by atoms with E-state index in [2.05, 4.69) is 10.5 Å². The molecule has 0 aliphatic rings. The Morgan fingerprint density at radius 2 is 1.86 bits per heavy atom. The van der Waals surface area contributed by atoms with Gasteiger partial charge in [-0.15, -0.1) is 0 Å². The summed E-state index contributed by atoms with van der Waals surface area (Å²) in [6.07, 6.45) is 4.54. The summed E-state index contributed by atoms with van der Waals surface area (Å²) in [6, 6.07) is 0. The maximum atomic E-state index is 8.52. The number of unbranched alkanes of at least 4 members (excludes halogenated alkanes) is 2. The zero-order chi connectivity index (χ0) is 10.6. The van der Waals surface area contributed by atoms with Crippen molar-refractivity contribution in [3.8, 4) is 0 Å². The summed E-state index contributed by atoms with van der Waals surface area (Å²) < 4.78 is 0. The lowest BCUT2D eigenvalue weighted by Gasteiger charge is -2.03. The maximum absolute atomic E-state index is 8.52. The fourth-order valence-electron chi connectivity index (χ4n) is 1.11. The van der Waals surface area contributed by atoms with Crippen molar-refractivity contribution in [1.82, 2.24) is 5.32 Å². The molecule has 0 aromatic carbocycles. The number of oxime groups is 1. The molecule has 0 saturated carbocycles. The fourth-order valence-corrected chi connectivity index (χ4v) is 1.11. The number of hydrogen-bond acceptors (Lipinski definition) is 4. The Morgan fingerprint density at radius 3 is 2.50 bits per heavy atom. The molecule has 0 amide bonds. The van der Waals surface area contributed by atoms with Crippen LogP contribution < -0.4 is 11.1 Å². The molecule has 14 heavy (non-hydrogen) atoms. The molecular weight excluding hydrogens is 182 g/mol. The largest absolute Gasteiger partial charge is 0.409 e. The second-order valence-corrected chi connectivity index (χ2v) is 3.23. The first-order valence-electron chi connectivity index (χ1n) is 5.09. The minimum absolute atomic E-state index is 0.281. The zero-order valence-corrected chi connectivity index (χ0v) is 8.58. The fraction of sp³-hybridized carbons (Fsp3) is 0.889. The molecule has 0 rings (SSSR count). The van der Waals surface area contributed by atoms with Crippen LogP contribution in [-0.4, -0.2) is 35.8 Å². The molecule has 0 unspecified atom stereocenters. The van der Waals surface area contributed by atoms with Gasteiger partial charge in [-0.2, -0.15) is 0 Å². The van der Waals surface area contributed by atoms with Gasteiger partial charge in [0, 0.05) is 13.0 Å². The smallest absolute Gasteiger partial charge is 0.139 e. The molecule has 0 aliphatic carbocycles. The van der Waals surface area contributed by atoms with Gasteiger partial charge in [-0.1, -0.05) is 5.16 Å². The molecule has 0 heterocycles. The SMILES string of the molecule is NC(CCCNCCCCCO)=NO.